The van der Waals surface area contributed by atoms with Crippen LogP contribution >= 0.6 is 11.8 Å². The molecule has 102 valence electrons. The van der Waals surface area contributed by atoms with Crippen LogP contribution in [0.25, 0.3) is 0 Å². The van der Waals surface area contributed by atoms with Gasteiger partial charge in [0.2, 0.25) is 0 Å². The third-order valence-electron chi connectivity index (χ3n) is 3.99. The van der Waals surface area contributed by atoms with Gasteiger partial charge in [0.15, 0.2) is 0 Å². The molecule has 3 rings (SSSR count). The molecule has 2 heterocycles. The number of halogens is 1. The lowest BCUT2D eigenvalue weighted by molar-refractivity contribution is -0.664. The molecular weight excluding hydrogens is 263 g/mol. The predicted molar refractivity (Wildman–Crippen MR) is 73.5 cm³/mol. The summed E-state index contributed by atoms with van der Waals surface area (Å²) in [6.07, 6.45) is 2.09. The standard InChI is InChI=1S/C14H17FN2OS/c15-12-3-1-11(2-4-12)13(18)17-9-10-19-14(17)5-7-16-8-6-14/h1-4,16H,5-10H2/p+1. The number of quaternary nitrogens is 1. The minimum absolute atomic E-state index is 0.0137. The highest BCUT2D eigenvalue weighted by atomic mass is 32.2. The van der Waals surface area contributed by atoms with Crippen LogP contribution in [0.1, 0.15) is 23.2 Å². The normalized spacial score (nSPS) is 21.8. The SMILES string of the molecule is O=C(c1ccc(F)cc1)N1CCSC12CC[NH2+]CC2. The van der Waals surface area contributed by atoms with Crippen LogP contribution in [-0.2, 0) is 0 Å². The number of carbonyl (C=O) groups is 1. The largest absolute Gasteiger partial charge is 0.346 e. The van der Waals surface area contributed by atoms with E-state index in [-0.39, 0.29) is 16.6 Å². The fourth-order valence-electron chi connectivity index (χ4n) is 2.98. The van der Waals surface area contributed by atoms with Crippen LogP contribution in [0, 0.1) is 5.82 Å². The highest BCUT2D eigenvalue weighted by Gasteiger charge is 2.46. The Kier molecular flexibility index (Phi) is 3.50. The molecule has 2 aliphatic rings. The van der Waals surface area contributed by atoms with Crippen molar-refractivity contribution in [1.82, 2.24) is 4.90 Å². The van der Waals surface area contributed by atoms with Gasteiger partial charge in [0.05, 0.1) is 18.0 Å². The molecule has 0 aliphatic carbocycles. The summed E-state index contributed by atoms with van der Waals surface area (Å²) in [4.78, 5) is 14.6. The predicted octanol–water partition coefficient (Wildman–Crippen LogP) is 1.07. The molecule has 2 fully saturated rings. The fraction of sp³-hybridized carbons (Fsp3) is 0.500. The Morgan fingerprint density at radius 2 is 1.95 bits per heavy atom. The van der Waals surface area contributed by atoms with Crippen LogP contribution in [0.2, 0.25) is 0 Å². The van der Waals surface area contributed by atoms with E-state index >= 15 is 0 Å². The van der Waals surface area contributed by atoms with Gasteiger partial charge in [-0.25, -0.2) is 4.39 Å². The molecule has 5 heteroatoms. The fourth-order valence-corrected chi connectivity index (χ4v) is 4.49. The van der Waals surface area contributed by atoms with Crippen molar-refractivity contribution in [3.63, 3.8) is 0 Å². The first kappa shape index (κ1) is 12.9. The molecular formula is C14H18FN2OS+. The molecule has 2 saturated heterocycles. The first-order valence-electron chi connectivity index (χ1n) is 6.74. The lowest BCUT2D eigenvalue weighted by Gasteiger charge is -2.39. The van der Waals surface area contributed by atoms with Gasteiger partial charge >= 0.3 is 0 Å². The van der Waals surface area contributed by atoms with Crippen molar-refractivity contribution in [3.8, 4) is 0 Å². The molecule has 0 aromatic heterocycles. The Morgan fingerprint density at radius 1 is 1.26 bits per heavy atom. The van der Waals surface area contributed by atoms with E-state index in [0.717, 1.165) is 38.2 Å². The molecule has 0 radical (unpaired) electrons. The number of benzene rings is 1. The summed E-state index contributed by atoms with van der Waals surface area (Å²) in [6.45, 7) is 2.97. The number of nitrogens with zero attached hydrogens (tertiary/aromatic N) is 1. The molecule has 0 unspecified atom stereocenters. The Hall–Kier alpha value is -1.07. The Bertz CT molecular complexity index is 471. The maximum atomic E-state index is 12.9. The van der Waals surface area contributed by atoms with Crippen LogP contribution in [-0.4, -0.2) is 41.1 Å². The Labute approximate surface area is 116 Å². The highest BCUT2D eigenvalue weighted by molar-refractivity contribution is 8.00. The molecule has 3 nitrogen and oxygen atoms in total. The van der Waals surface area contributed by atoms with Gasteiger partial charge in [-0.05, 0) is 24.3 Å². The molecule has 0 saturated carbocycles. The van der Waals surface area contributed by atoms with Crippen LogP contribution in [0.3, 0.4) is 0 Å². The monoisotopic (exact) mass is 281 g/mol. The van der Waals surface area contributed by atoms with Gasteiger partial charge in [-0.1, -0.05) is 0 Å². The lowest BCUT2D eigenvalue weighted by Crippen LogP contribution is -2.88. The molecule has 19 heavy (non-hydrogen) atoms. The van der Waals surface area contributed by atoms with Crippen LogP contribution in [0.4, 0.5) is 4.39 Å². The number of carbonyl (C=O) groups excluding carboxylic acids is 1. The first-order valence-corrected chi connectivity index (χ1v) is 7.73. The minimum Gasteiger partial charge on any atom is -0.346 e. The smallest absolute Gasteiger partial charge is 0.255 e. The van der Waals surface area contributed by atoms with E-state index in [4.69, 9.17) is 0 Å². The minimum atomic E-state index is -0.297. The van der Waals surface area contributed by atoms with E-state index in [1.54, 1.807) is 12.1 Å². The molecule has 2 N–H and O–H groups in total. The zero-order chi connectivity index (χ0) is 13.3. The van der Waals surface area contributed by atoms with Crippen LogP contribution < -0.4 is 5.32 Å². The highest BCUT2D eigenvalue weighted by Crippen LogP contribution is 2.42. The van der Waals surface area contributed by atoms with E-state index < -0.39 is 0 Å². The second-order valence-corrected chi connectivity index (χ2v) is 6.58. The van der Waals surface area contributed by atoms with E-state index in [1.807, 2.05) is 16.7 Å². The molecule has 2 aliphatic heterocycles. The second kappa shape index (κ2) is 5.13. The van der Waals surface area contributed by atoms with Gasteiger partial charge in [-0.15, -0.1) is 11.8 Å². The molecule has 1 aromatic rings. The van der Waals surface area contributed by atoms with Crippen molar-refractivity contribution in [2.24, 2.45) is 0 Å². The number of rotatable bonds is 1. The van der Waals surface area contributed by atoms with Crippen molar-refractivity contribution >= 4 is 17.7 Å². The van der Waals surface area contributed by atoms with Gasteiger partial charge in [0.1, 0.15) is 5.82 Å². The van der Waals surface area contributed by atoms with Gasteiger partial charge in [-0.2, -0.15) is 0 Å². The average molecular weight is 281 g/mol. The molecule has 1 aromatic carbocycles. The molecule has 1 amide bonds. The number of nitrogens with two attached hydrogens (primary N) is 1. The van der Waals surface area contributed by atoms with Gasteiger partial charge < -0.3 is 10.2 Å². The van der Waals surface area contributed by atoms with Gasteiger partial charge in [0, 0.05) is 30.7 Å². The van der Waals surface area contributed by atoms with E-state index in [2.05, 4.69) is 5.32 Å². The van der Waals surface area contributed by atoms with Crippen molar-refractivity contribution in [1.29, 1.82) is 0 Å². The molecule has 0 bridgehead atoms. The lowest BCUT2D eigenvalue weighted by atomic mass is 10.0. The summed E-state index contributed by atoms with van der Waals surface area (Å²) in [7, 11) is 0. The number of amides is 1. The van der Waals surface area contributed by atoms with Crippen molar-refractivity contribution in [2.45, 2.75) is 17.7 Å². The van der Waals surface area contributed by atoms with E-state index in [9.17, 15) is 9.18 Å². The number of hydrogen-bond donors (Lipinski definition) is 1. The topological polar surface area (TPSA) is 36.9 Å². The van der Waals surface area contributed by atoms with Gasteiger partial charge in [-0.3, -0.25) is 4.79 Å². The second-order valence-electron chi connectivity index (χ2n) is 5.12. The number of piperidine rings is 1. The summed E-state index contributed by atoms with van der Waals surface area (Å²) in [6, 6.07) is 5.89. The maximum absolute atomic E-state index is 12.9. The zero-order valence-corrected chi connectivity index (χ0v) is 11.6. The van der Waals surface area contributed by atoms with Crippen LogP contribution in [0.15, 0.2) is 24.3 Å². The zero-order valence-electron chi connectivity index (χ0n) is 10.8. The van der Waals surface area contributed by atoms with Crippen molar-refractivity contribution < 1.29 is 14.5 Å². The third-order valence-corrected chi connectivity index (χ3v) is 5.54. The van der Waals surface area contributed by atoms with Gasteiger partial charge in [0.25, 0.3) is 5.91 Å². The van der Waals surface area contributed by atoms with Crippen molar-refractivity contribution in [2.75, 3.05) is 25.4 Å². The third kappa shape index (κ3) is 2.37. The van der Waals surface area contributed by atoms with Crippen molar-refractivity contribution in [3.05, 3.63) is 35.6 Å². The maximum Gasteiger partial charge on any atom is 0.255 e. The molecule has 1 spiro atoms. The summed E-state index contributed by atoms with van der Waals surface area (Å²) in [5.41, 5.74) is 0.595. The van der Waals surface area contributed by atoms with E-state index in [1.165, 1.54) is 12.1 Å². The van der Waals surface area contributed by atoms with E-state index in [0.29, 0.717) is 5.56 Å². The quantitative estimate of drug-likeness (QED) is 0.836. The van der Waals surface area contributed by atoms with Crippen LogP contribution in [0.5, 0.6) is 0 Å². The Balaban J connectivity index is 1.84. The number of thioether (sulfide) groups is 1. The first-order chi connectivity index (χ1) is 9.21. The Morgan fingerprint density at radius 3 is 2.63 bits per heavy atom. The summed E-state index contributed by atoms with van der Waals surface area (Å²) in [5, 5.41) is 2.31. The average Bonchev–Trinajstić information content (AvgIpc) is 2.83. The summed E-state index contributed by atoms with van der Waals surface area (Å²) >= 11 is 1.91. The summed E-state index contributed by atoms with van der Waals surface area (Å²) < 4.78 is 12.9. The molecule has 0 atom stereocenters. The summed E-state index contributed by atoms with van der Waals surface area (Å²) in [5.74, 6) is 0.758. The number of hydrogen-bond acceptors (Lipinski definition) is 2.